The van der Waals surface area contributed by atoms with Gasteiger partial charge in [-0.1, -0.05) is 116 Å². The van der Waals surface area contributed by atoms with Crippen LogP contribution in [0.25, 0.3) is 0 Å². The molecule has 0 unspecified atom stereocenters. The molecule has 0 amide bonds. The highest BCUT2D eigenvalue weighted by atomic mass is 16.4. The summed E-state index contributed by atoms with van der Waals surface area (Å²) in [5.74, 6) is 11.3. The van der Waals surface area contributed by atoms with Gasteiger partial charge in [0.1, 0.15) is 0 Å². The van der Waals surface area contributed by atoms with Gasteiger partial charge in [0.25, 0.3) is 0 Å². The molecular formula is C29H53NO2. The van der Waals surface area contributed by atoms with E-state index in [1.807, 2.05) is 0 Å². The van der Waals surface area contributed by atoms with Gasteiger partial charge in [-0.05, 0) is 43.9 Å². The summed E-state index contributed by atoms with van der Waals surface area (Å²) < 4.78 is 0. The lowest BCUT2D eigenvalue weighted by Crippen LogP contribution is -2.49. The molecule has 0 atom stereocenters. The molecule has 0 aromatic rings. The maximum Gasteiger partial charge on any atom is 0.0739 e. The molecule has 0 aliphatic heterocycles. The summed E-state index contributed by atoms with van der Waals surface area (Å²) in [4.78, 5) is 10.3. The van der Waals surface area contributed by atoms with Gasteiger partial charge in [-0.2, -0.15) is 0 Å². The molecule has 0 aromatic carbocycles. The van der Waals surface area contributed by atoms with Crippen molar-refractivity contribution in [3.05, 3.63) is 0 Å². The van der Waals surface area contributed by atoms with Crippen LogP contribution < -0.4 is 10.8 Å². The summed E-state index contributed by atoms with van der Waals surface area (Å²) in [6, 6.07) is 0. The van der Waals surface area contributed by atoms with Crippen LogP contribution in [0.2, 0.25) is 0 Å². The second-order valence-corrected chi connectivity index (χ2v) is 8.74. The minimum absolute atomic E-state index is 0.198. The number of quaternary nitrogens is 1. The Morgan fingerprint density at radius 1 is 0.594 bits per heavy atom. The molecule has 3 nitrogen and oxygen atoms in total. The molecule has 3 N–H and O–H groups in total. The van der Waals surface area contributed by atoms with Gasteiger partial charge in [-0.15, -0.1) is 0 Å². The van der Waals surface area contributed by atoms with Crippen LogP contribution in [-0.2, 0) is 4.79 Å². The van der Waals surface area contributed by atoms with Gasteiger partial charge < -0.3 is 15.6 Å². The number of aliphatic carboxylic acids is 1. The van der Waals surface area contributed by atoms with Gasteiger partial charge in [0.2, 0.25) is 0 Å². The van der Waals surface area contributed by atoms with E-state index in [-0.39, 0.29) is 6.42 Å². The first kappa shape index (κ1) is 32.7. The normalized spacial score (nSPS) is 9.72. The fourth-order valence-electron chi connectivity index (χ4n) is 3.35. The molecule has 0 aliphatic rings. The van der Waals surface area contributed by atoms with E-state index < -0.39 is 5.97 Å². The predicted octanol–water partition coefficient (Wildman–Crippen LogP) is 6.20. The average molecular weight is 448 g/mol. The van der Waals surface area contributed by atoms with E-state index in [9.17, 15) is 9.90 Å². The zero-order valence-electron chi connectivity index (χ0n) is 21.6. The lowest BCUT2D eigenvalue weighted by molar-refractivity contribution is -0.368. The Hall–Kier alpha value is -1.45. The van der Waals surface area contributed by atoms with Gasteiger partial charge in [-0.3, -0.25) is 0 Å². The summed E-state index contributed by atoms with van der Waals surface area (Å²) in [6.45, 7) is 5.53. The largest absolute Gasteiger partial charge is 0.550 e. The van der Waals surface area contributed by atoms with Crippen LogP contribution in [0.4, 0.5) is 0 Å². The van der Waals surface area contributed by atoms with E-state index >= 15 is 0 Å². The van der Waals surface area contributed by atoms with E-state index in [1.54, 1.807) is 0 Å². The van der Waals surface area contributed by atoms with Crippen molar-refractivity contribution in [2.45, 2.75) is 149 Å². The number of carboxylic acid groups (broad SMARTS) is 1. The van der Waals surface area contributed by atoms with Gasteiger partial charge in [0.05, 0.1) is 6.54 Å². The Kier molecular flexibility index (Phi) is 32.5. The zero-order chi connectivity index (χ0) is 24.0. The number of carbonyl (C=O) groups is 1. The molecule has 3 heteroatoms. The molecule has 0 aromatic heterocycles. The highest BCUT2D eigenvalue weighted by Gasteiger charge is 1.92. The first-order valence-electron chi connectivity index (χ1n) is 13.6. The van der Waals surface area contributed by atoms with Crippen molar-refractivity contribution in [1.29, 1.82) is 0 Å². The highest BCUT2D eigenvalue weighted by Crippen LogP contribution is 2.11. The molecule has 0 radical (unpaired) electrons. The van der Waals surface area contributed by atoms with Crippen molar-refractivity contribution >= 4 is 5.97 Å². The lowest BCUT2D eigenvalue weighted by atomic mass is 10.1. The van der Waals surface area contributed by atoms with Crippen LogP contribution in [0, 0.1) is 23.7 Å². The average Bonchev–Trinajstić information content (AvgIpc) is 2.78. The molecule has 0 heterocycles. The second kappa shape index (κ2) is 31.7. The summed E-state index contributed by atoms with van der Waals surface area (Å²) in [7, 11) is 0. The molecule has 0 spiro atoms. The SMILES string of the molecule is CCCCCCCCCCCCC#CC#CCCCCCCCCC(=O)[O-].CCCC[NH3+]. The summed E-state index contributed by atoms with van der Waals surface area (Å²) >= 11 is 0. The number of rotatable bonds is 20. The number of unbranched alkanes of at least 4 members (excludes halogenated alkanes) is 17. The van der Waals surface area contributed by atoms with Crippen molar-refractivity contribution in [2.75, 3.05) is 6.54 Å². The van der Waals surface area contributed by atoms with Gasteiger partial charge in [-0.25, -0.2) is 0 Å². The highest BCUT2D eigenvalue weighted by molar-refractivity contribution is 5.64. The smallest absolute Gasteiger partial charge is 0.0739 e. The van der Waals surface area contributed by atoms with E-state index in [0.717, 1.165) is 45.1 Å². The Bertz CT molecular complexity index is 491. The summed E-state index contributed by atoms with van der Waals surface area (Å²) in [5.41, 5.74) is 3.68. The second-order valence-electron chi connectivity index (χ2n) is 8.74. The van der Waals surface area contributed by atoms with Crippen LogP contribution in [-0.4, -0.2) is 12.5 Å². The predicted molar refractivity (Wildman–Crippen MR) is 137 cm³/mol. The molecule has 186 valence electrons. The molecule has 0 fully saturated rings. The zero-order valence-corrected chi connectivity index (χ0v) is 21.6. The van der Waals surface area contributed by atoms with E-state index in [4.69, 9.17) is 0 Å². The van der Waals surface area contributed by atoms with Crippen molar-refractivity contribution < 1.29 is 15.6 Å². The fraction of sp³-hybridized carbons (Fsp3) is 0.828. The minimum atomic E-state index is -0.931. The molecular weight excluding hydrogens is 394 g/mol. The number of hydrogen-bond acceptors (Lipinski definition) is 2. The fourth-order valence-corrected chi connectivity index (χ4v) is 3.35. The van der Waals surface area contributed by atoms with Crippen molar-refractivity contribution in [3.63, 3.8) is 0 Å². The Morgan fingerprint density at radius 3 is 1.31 bits per heavy atom. The monoisotopic (exact) mass is 447 g/mol. The third-order valence-electron chi connectivity index (χ3n) is 5.43. The molecule has 0 saturated carbocycles. The van der Waals surface area contributed by atoms with Gasteiger partial charge >= 0.3 is 0 Å². The van der Waals surface area contributed by atoms with Gasteiger partial charge in [0, 0.05) is 18.8 Å². The molecule has 32 heavy (non-hydrogen) atoms. The molecule has 0 bridgehead atoms. The minimum Gasteiger partial charge on any atom is -0.550 e. The lowest BCUT2D eigenvalue weighted by Gasteiger charge is -2.01. The number of carboxylic acids is 1. The molecule has 0 aliphatic carbocycles. The van der Waals surface area contributed by atoms with Crippen LogP contribution in [0.3, 0.4) is 0 Å². The number of carbonyl (C=O) groups excluding carboxylic acids is 1. The summed E-state index contributed by atoms with van der Waals surface area (Å²) in [5, 5.41) is 10.3. The molecule has 0 rings (SSSR count). The van der Waals surface area contributed by atoms with E-state index in [1.165, 1.54) is 89.9 Å². The number of hydrogen-bond donors (Lipinski definition) is 1. The Morgan fingerprint density at radius 2 is 0.969 bits per heavy atom. The van der Waals surface area contributed by atoms with E-state index in [2.05, 4.69) is 43.3 Å². The Balaban J connectivity index is 0. The topological polar surface area (TPSA) is 67.8 Å². The summed E-state index contributed by atoms with van der Waals surface area (Å²) in [6.07, 6.45) is 24.6. The first-order chi connectivity index (χ1) is 15.7. The third kappa shape index (κ3) is 36.0. The van der Waals surface area contributed by atoms with Crippen LogP contribution >= 0.6 is 0 Å². The quantitative estimate of drug-likeness (QED) is 0.178. The maximum absolute atomic E-state index is 10.3. The van der Waals surface area contributed by atoms with Crippen molar-refractivity contribution in [3.8, 4) is 23.7 Å². The molecule has 0 saturated heterocycles. The maximum atomic E-state index is 10.3. The standard InChI is InChI=1S/C25H42O2.C4H11N/c1-2-3-4-5-6-7-8-9-10-11-12-13-14-15-16-17-18-19-20-21-22-23-24-25(26)27;1-2-3-4-5/h2-12,17-24H2,1H3,(H,26,27);2-5H2,1H3. The van der Waals surface area contributed by atoms with Crippen molar-refractivity contribution in [2.24, 2.45) is 0 Å². The first-order valence-corrected chi connectivity index (χ1v) is 13.6. The van der Waals surface area contributed by atoms with Crippen LogP contribution in [0.1, 0.15) is 149 Å². The van der Waals surface area contributed by atoms with Crippen molar-refractivity contribution in [1.82, 2.24) is 0 Å². The van der Waals surface area contributed by atoms with Crippen LogP contribution in [0.5, 0.6) is 0 Å². The Labute approximate surface area is 200 Å². The van der Waals surface area contributed by atoms with Gasteiger partial charge in [0.15, 0.2) is 0 Å². The van der Waals surface area contributed by atoms with Crippen LogP contribution in [0.15, 0.2) is 0 Å². The van der Waals surface area contributed by atoms with E-state index in [0.29, 0.717) is 0 Å². The third-order valence-corrected chi connectivity index (χ3v) is 5.43.